The molecule has 3 heteroatoms. The first-order chi connectivity index (χ1) is 6.36. The normalized spacial score (nSPS) is 20.0. The van der Waals surface area contributed by atoms with Crippen LogP contribution in [-0.4, -0.2) is 37.2 Å². The van der Waals surface area contributed by atoms with Gasteiger partial charge in [0.1, 0.15) is 0 Å². The Morgan fingerprint density at radius 3 is 2.77 bits per heavy atom. The number of nitrogens with zero attached hydrogens (tertiary/aromatic N) is 1. The first kappa shape index (κ1) is 10.5. The second kappa shape index (κ2) is 5.98. The van der Waals surface area contributed by atoms with Crippen molar-refractivity contribution in [1.29, 1.82) is 0 Å². The summed E-state index contributed by atoms with van der Waals surface area (Å²) in [7, 11) is 0. The van der Waals surface area contributed by atoms with Gasteiger partial charge in [-0.25, -0.2) is 0 Å². The van der Waals surface area contributed by atoms with Crippen molar-refractivity contribution in [3.8, 4) is 12.3 Å². The molecule has 0 atom stereocenters. The summed E-state index contributed by atoms with van der Waals surface area (Å²) in [5.41, 5.74) is 3.06. The number of hydroxylamine groups is 1. The van der Waals surface area contributed by atoms with Crippen LogP contribution in [0.1, 0.15) is 19.8 Å². The number of likely N-dealkylation sites (tertiary alicyclic amines) is 1. The molecule has 0 radical (unpaired) electrons. The number of hydrogen-bond acceptors (Lipinski definition) is 3. The van der Waals surface area contributed by atoms with Crippen molar-refractivity contribution in [2.75, 3.05) is 26.2 Å². The molecule has 1 N–H and O–H groups in total. The Morgan fingerprint density at radius 2 is 2.23 bits per heavy atom. The van der Waals surface area contributed by atoms with E-state index in [1.54, 1.807) is 0 Å². The maximum absolute atomic E-state index is 5.24. The van der Waals surface area contributed by atoms with E-state index < -0.39 is 0 Å². The summed E-state index contributed by atoms with van der Waals surface area (Å²) in [6.45, 7) is 5.65. The third-order valence-electron chi connectivity index (χ3n) is 2.30. The van der Waals surface area contributed by atoms with Crippen molar-refractivity contribution in [1.82, 2.24) is 10.4 Å². The number of piperidine rings is 1. The molecule has 0 unspecified atom stereocenters. The van der Waals surface area contributed by atoms with Gasteiger partial charge in [-0.2, -0.15) is 5.48 Å². The number of nitrogens with one attached hydrogen (secondary N) is 1. The number of hydrogen-bond donors (Lipinski definition) is 1. The fourth-order valence-corrected chi connectivity index (χ4v) is 1.54. The average molecular weight is 182 g/mol. The Labute approximate surface area is 80.4 Å². The summed E-state index contributed by atoms with van der Waals surface area (Å²) in [5.74, 6) is 2.67. The van der Waals surface area contributed by atoms with E-state index in [1.165, 1.54) is 0 Å². The molecule has 0 aromatic rings. The summed E-state index contributed by atoms with van der Waals surface area (Å²) in [6, 6.07) is 0.508. The first-order valence-corrected chi connectivity index (χ1v) is 4.90. The molecule has 1 heterocycles. The highest BCUT2D eigenvalue weighted by atomic mass is 16.6. The highest BCUT2D eigenvalue weighted by Crippen LogP contribution is 2.09. The average Bonchev–Trinajstić information content (AvgIpc) is 2.17. The van der Waals surface area contributed by atoms with Gasteiger partial charge in [0, 0.05) is 19.1 Å². The van der Waals surface area contributed by atoms with Crippen LogP contribution in [0.2, 0.25) is 0 Å². The van der Waals surface area contributed by atoms with Gasteiger partial charge in [0.25, 0.3) is 0 Å². The Hall–Kier alpha value is -0.560. The molecule has 1 saturated heterocycles. The Morgan fingerprint density at radius 1 is 1.54 bits per heavy atom. The van der Waals surface area contributed by atoms with Crippen LogP contribution in [0.5, 0.6) is 0 Å². The molecule has 0 bridgehead atoms. The minimum Gasteiger partial charge on any atom is -0.302 e. The predicted octanol–water partition coefficient (Wildman–Crippen LogP) is 0.625. The molecule has 3 nitrogen and oxygen atoms in total. The molecule has 1 rings (SSSR count). The zero-order chi connectivity index (χ0) is 9.52. The van der Waals surface area contributed by atoms with Crippen LogP contribution in [0, 0.1) is 12.3 Å². The van der Waals surface area contributed by atoms with E-state index in [4.69, 9.17) is 11.3 Å². The van der Waals surface area contributed by atoms with Gasteiger partial charge in [-0.1, -0.05) is 5.92 Å². The Bertz CT molecular complexity index is 168. The van der Waals surface area contributed by atoms with Crippen LogP contribution in [0.25, 0.3) is 0 Å². The predicted molar refractivity (Wildman–Crippen MR) is 53.1 cm³/mol. The summed E-state index contributed by atoms with van der Waals surface area (Å²) >= 11 is 0. The molecule has 1 fully saturated rings. The zero-order valence-electron chi connectivity index (χ0n) is 8.25. The van der Waals surface area contributed by atoms with Gasteiger partial charge >= 0.3 is 0 Å². The lowest BCUT2D eigenvalue weighted by atomic mass is 10.1. The minimum atomic E-state index is 0.508. The van der Waals surface area contributed by atoms with E-state index >= 15 is 0 Å². The SMILES string of the molecule is C#CCN1CCC(NOCC)CC1. The van der Waals surface area contributed by atoms with Gasteiger partial charge < -0.3 is 4.84 Å². The van der Waals surface area contributed by atoms with Crippen molar-refractivity contribution in [3.05, 3.63) is 0 Å². The standard InChI is InChI=1S/C10H18N2O/c1-3-7-12-8-5-10(6-9-12)11-13-4-2/h1,10-11H,4-9H2,2H3. The summed E-state index contributed by atoms with van der Waals surface area (Å²) in [5, 5.41) is 0. The van der Waals surface area contributed by atoms with Gasteiger partial charge in [0.05, 0.1) is 13.2 Å². The molecule has 0 amide bonds. The van der Waals surface area contributed by atoms with E-state index in [-0.39, 0.29) is 0 Å². The quantitative estimate of drug-likeness (QED) is 0.509. The van der Waals surface area contributed by atoms with Crippen LogP contribution in [0.15, 0.2) is 0 Å². The molecule has 0 aromatic carbocycles. The third-order valence-corrected chi connectivity index (χ3v) is 2.30. The van der Waals surface area contributed by atoms with Gasteiger partial charge in [0.15, 0.2) is 0 Å². The maximum Gasteiger partial charge on any atom is 0.0654 e. The largest absolute Gasteiger partial charge is 0.302 e. The van der Waals surface area contributed by atoms with Crippen molar-refractivity contribution in [2.24, 2.45) is 0 Å². The van der Waals surface area contributed by atoms with Crippen LogP contribution in [-0.2, 0) is 4.84 Å². The lowest BCUT2D eigenvalue weighted by molar-refractivity contribution is 0.00775. The van der Waals surface area contributed by atoms with Crippen LogP contribution >= 0.6 is 0 Å². The third kappa shape index (κ3) is 3.77. The molecule has 74 valence electrons. The van der Waals surface area contributed by atoms with Crippen LogP contribution in [0.3, 0.4) is 0 Å². The lowest BCUT2D eigenvalue weighted by Gasteiger charge is -2.30. The topological polar surface area (TPSA) is 24.5 Å². The van der Waals surface area contributed by atoms with Crippen molar-refractivity contribution < 1.29 is 4.84 Å². The second-order valence-corrected chi connectivity index (χ2v) is 3.31. The highest BCUT2D eigenvalue weighted by Gasteiger charge is 2.17. The molecule has 0 saturated carbocycles. The zero-order valence-corrected chi connectivity index (χ0v) is 8.25. The fraction of sp³-hybridized carbons (Fsp3) is 0.800. The van der Waals surface area contributed by atoms with E-state index in [1.807, 2.05) is 6.92 Å². The summed E-state index contributed by atoms with van der Waals surface area (Å²) in [4.78, 5) is 7.46. The maximum atomic E-state index is 5.24. The number of rotatable bonds is 4. The lowest BCUT2D eigenvalue weighted by Crippen LogP contribution is -2.42. The van der Waals surface area contributed by atoms with Gasteiger partial charge in [-0.15, -0.1) is 6.42 Å². The first-order valence-electron chi connectivity index (χ1n) is 4.90. The number of terminal acetylenes is 1. The molecule has 0 aliphatic carbocycles. The van der Waals surface area contributed by atoms with Crippen LogP contribution in [0.4, 0.5) is 0 Å². The molecular formula is C10H18N2O. The molecule has 1 aliphatic rings. The van der Waals surface area contributed by atoms with Crippen molar-refractivity contribution in [2.45, 2.75) is 25.8 Å². The molecule has 0 spiro atoms. The Balaban J connectivity index is 2.12. The van der Waals surface area contributed by atoms with E-state index in [0.717, 1.165) is 39.1 Å². The summed E-state index contributed by atoms with van der Waals surface area (Å²) in [6.07, 6.45) is 7.50. The molecule has 13 heavy (non-hydrogen) atoms. The van der Waals surface area contributed by atoms with Crippen molar-refractivity contribution >= 4 is 0 Å². The Kier molecular flexibility index (Phi) is 4.84. The summed E-state index contributed by atoms with van der Waals surface area (Å²) < 4.78 is 0. The monoisotopic (exact) mass is 182 g/mol. The second-order valence-electron chi connectivity index (χ2n) is 3.31. The van der Waals surface area contributed by atoms with Gasteiger partial charge in [0.2, 0.25) is 0 Å². The van der Waals surface area contributed by atoms with Gasteiger partial charge in [-0.05, 0) is 19.8 Å². The molecule has 1 aliphatic heterocycles. The molecule has 0 aromatic heterocycles. The fourth-order valence-electron chi connectivity index (χ4n) is 1.54. The van der Waals surface area contributed by atoms with Crippen LogP contribution < -0.4 is 5.48 Å². The smallest absolute Gasteiger partial charge is 0.0654 e. The van der Waals surface area contributed by atoms with Crippen molar-refractivity contribution in [3.63, 3.8) is 0 Å². The van der Waals surface area contributed by atoms with E-state index in [2.05, 4.69) is 16.3 Å². The van der Waals surface area contributed by atoms with Gasteiger partial charge in [-0.3, -0.25) is 4.90 Å². The minimum absolute atomic E-state index is 0.508. The van der Waals surface area contributed by atoms with E-state index in [9.17, 15) is 0 Å². The molecular weight excluding hydrogens is 164 g/mol. The highest BCUT2D eigenvalue weighted by molar-refractivity contribution is 4.90. The van der Waals surface area contributed by atoms with E-state index in [0.29, 0.717) is 6.04 Å².